The van der Waals surface area contributed by atoms with Gasteiger partial charge in [0.05, 0.1) is 6.54 Å². The molecule has 0 aliphatic carbocycles. The number of hydrogen-bond donors (Lipinski definition) is 2. The molecule has 0 heterocycles. The van der Waals surface area contributed by atoms with Crippen LogP contribution in [-0.4, -0.2) is 19.0 Å². The minimum absolute atomic E-state index is 0.00329. The summed E-state index contributed by atoms with van der Waals surface area (Å²) >= 11 is 0. The lowest BCUT2D eigenvalue weighted by atomic mass is 9.86. The van der Waals surface area contributed by atoms with Crippen molar-refractivity contribution in [2.75, 3.05) is 18.4 Å². The van der Waals surface area contributed by atoms with Gasteiger partial charge in [-0.05, 0) is 23.6 Å². The first-order chi connectivity index (χ1) is 7.95. The highest BCUT2D eigenvalue weighted by Crippen LogP contribution is 2.28. The second-order valence-corrected chi connectivity index (χ2v) is 5.12. The maximum absolute atomic E-state index is 11.7. The highest BCUT2D eigenvalue weighted by molar-refractivity contribution is 5.93. The number of hydrogen-bond acceptors (Lipinski definition) is 2. The van der Waals surface area contributed by atoms with Gasteiger partial charge in [0.1, 0.15) is 0 Å². The number of likely N-dealkylation sites (N-methyl/N-ethyl adjacent to an activating group) is 1. The van der Waals surface area contributed by atoms with Gasteiger partial charge in [-0.1, -0.05) is 45.9 Å². The van der Waals surface area contributed by atoms with Crippen molar-refractivity contribution in [1.29, 1.82) is 0 Å². The number of rotatable bonds is 4. The molecule has 94 valence electrons. The first-order valence-electron chi connectivity index (χ1n) is 6.05. The number of anilines is 1. The fourth-order valence-corrected chi connectivity index (χ4v) is 1.68. The molecule has 0 radical (unpaired) electrons. The molecule has 0 atom stereocenters. The first kappa shape index (κ1) is 13.7. The summed E-state index contributed by atoms with van der Waals surface area (Å²) in [7, 11) is 0. The fraction of sp³-hybridized carbons (Fsp3) is 0.500. The zero-order valence-corrected chi connectivity index (χ0v) is 11.1. The molecule has 0 aliphatic heterocycles. The number of benzene rings is 1. The third kappa shape index (κ3) is 4.19. The van der Waals surface area contributed by atoms with E-state index in [1.165, 1.54) is 0 Å². The van der Waals surface area contributed by atoms with E-state index in [1.807, 2.05) is 25.1 Å². The maximum Gasteiger partial charge on any atom is 0.238 e. The van der Waals surface area contributed by atoms with E-state index in [4.69, 9.17) is 0 Å². The van der Waals surface area contributed by atoms with Crippen molar-refractivity contribution in [3.8, 4) is 0 Å². The molecule has 1 aromatic rings. The van der Waals surface area contributed by atoms with E-state index in [0.717, 1.165) is 17.8 Å². The minimum atomic E-state index is 0.00329. The average molecular weight is 234 g/mol. The number of carbonyl (C=O) groups is 1. The first-order valence-corrected chi connectivity index (χ1v) is 6.05. The van der Waals surface area contributed by atoms with Gasteiger partial charge in [0.2, 0.25) is 5.91 Å². The van der Waals surface area contributed by atoms with Crippen LogP contribution in [0.4, 0.5) is 5.69 Å². The molecule has 2 N–H and O–H groups in total. The van der Waals surface area contributed by atoms with E-state index >= 15 is 0 Å². The molecule has 1 rings (SSSR count). The van der Waals surface area contributed by atoms with E-state index in [0.29, 0.717) is 6.54 Å². The SMILES string of the molecule is CCNCC(=O)Nc1ccccc1C(C)(C)C. The van der Waals surface area contributed by atoms with E-state index in [9.17, 15) is 4.79 Å². The molecular formula is C14H22N2O. The zero-order valence-electron chi connectivity index (χ0n) is 11.1. The third-order valence-electron chi connectivity index (χ3n) is 2.54. The van der Waals surface area contributed by atoms with Crippen molar-refractivity contribution in [1.82, 2.24) is 5.32 Å². The van der Waals surface area contributed by atoms with Gasteiger partial charge in [-0.3, -0.25) is 4.79 Å². The topological polar surface area (TPSA) is 41.1 Å². The Morgan fingerprint density at radius 2 is 1.88 bits per heavy atom. The quantitative estimate of drug-likeness (QED) is 0.840. The number of nitrogens with one attached hydrogen (secondary N) is 2. The Bertz CT molecular complexity index is 380. The Kier molecular flexibility index (Phi) is 4.70. The highest BCUT2D eigenvalue weighted by atomic mass is 16.1. The van der Waals surface area contributed by atoms with Crippen molar-refractivity contribution in [2.45, 2.75) is 33.1 Å². The summed E-state index contributed by atoms with van der Waals surface area (Å²) < 4.78 is 0. The summed E-state index contributed by atoms with van der Waals surface area (Å²) in [6.45, 7) is 9.56. The van der Waals surface area contributed by atoms with E-state index in [1.54, 1.807) is 0 Å². The summed E-state index contributed by atoms with van der Waals surface area (Å²) in [6.07, 6.45) is 0. The number of amides is 1. The van der Waals surface area contributed by atoms with Crippen molar-refractivity contribution in [2.24, 2.45) is 0 Å². The molecule has 0 fully saturated rings. The molecule has 3 heteroatoms. The van der Waals surface area contributed by atoms with Gasteiger partial charge >= 0.3 is 0 Å². The Balaban J connectivity index is 2.81. The van der Waals surface area contributed by atoms with E-state index in [-0.39, 0.29) is 11.3 Å². The molecule has 0 saturated heterocycles. The van der Waals surface area contributed by atoms with Gasteiger partial charge in [-0.2, -0.15) is 0 Å². The van der Waals surface area contributed by atoms with Gasteiger partial charge < -0.3 is 10.6 Å². The molecule has 0 unspecified atom stereocenters. The second kappa shape index (κ2) is 5.82. The molecule has 0 bridgehead atoms. The van der Waals surface area contributed by atoms with Crippen LogP contribution in [0.5, 0.6) is 0 Å². The summed E-state index contributed by atoms with van der Waals surface area (Å²) in [5, 5.41) is 5.96. The lowest BCUT2D eigenvalue weighted by Gasteiger charge is -2.23. The maximum atomic E-state index is 11.7. The normalized spacial score (nSPS) is 11.3. The predicted octanol–water partition coefficient (Wildman–Crippen LogP) is 2.53. The van der Waals surface area contributed by atoms with E-state index in [2.05, 4.69) is 37.5 Å². The second-order valence-electron chi connectivity index (χ2n) is 5.12. The van der Waals surface area contributed by atoms with Crippen molar-refractivity contribution < 1.29 is 4.79 Å². The van der Waals surface area contributed by atoms with Gasteiger partial charge in [-0.15, -0.1) is 0 Å². The largest absolute Gasteiger partial charge is 0.325 e. The standard InChI is InChI=1S/C14H22N2O/c1-5-15-10-13(17)16-12-9-7-6-8-11(12)14(2,3)4/h6-9,15H,5,10H2,1-4H3,(H,16,17). The summed E-state index contributed by atoms with van der Waals surface area (Å²) in [4.78, 5) is 11.7. The van der Waals surface area contributed by atoms with Gasteiger partial charge in [0, 0.05) is 5.69 Å². The zero-order chi connectivity index (χ0) is 12.9. The minimum Gasteiger partial charge on any atom is -0.325 e. The monoisotopic (exact) mass is 234 g/mol. The lowest BCUT2D eigenvalue weighted by molar-refractivity contribution is -0.115. The van der Waals surface area contributed by atoms with Gasteiger partial charge in [-0.25, -0.2) is 0 Å². The molecule has 0 aromatic heterocycles. The van der Waals surface area contributed by atoms with Crippen molar-refractivity contribution in [3.05, 3.63) is 29.8 Å². The molecule has 1 amide bonds. The Morgan fingerprint density at radius 3 is 2.47 bits per heavy atom. The molecule has 0 aliphatic rings. The fourth-order valence-electron chi connectivity index (χ4n) is 1.68. The number of para-hydroxylation sites is 1. The van der Waals surface area contributed by atoms with Crippen LogP contribution in [0.1, 0.15) is 33.3 Å². The summed E-state index contributed by atoms with van der Waals surface area (Å²) in [5.41, 5.74) is 2.09. The Morgan fingerprint density at radius 1 is 1.24 bits per heavy atom. The molecule has 17 heavy (non-hydrogen) atoms. The predicted molar refractivity (Wildman–Crippen MR) is 72.3 cm³/mol. The van der Waals surface area contributed by atoms with Crippen molar-refractivity contribution >= 4 is 11.6 Å². The molecular weight excluding hydrogens is 212 g/mol. The van der Waals surface area contributed by atoms with Crippen LogP contribution in [0.2, 0.25) is 0 Å². The van der Waals surface area contributed by atoms with Crippen LogP contribution < -0.4 is 10.6 Å². The number of carbonyl (C=O) groups excluding carboxylic acids is 1. The van der Waals surface area contributed by atoms with Gasteiger partial charge in [0.25, 0.3) is 0 Å². The van der Waals surface area contributed by atoms with Crippen LogP contribution in [0.3, 0.4) is 0 Å². The Hall–Kier alpha value is -1.35. The lowest BCUT2D eigenvalue weighted by Crippen LogP contribution is -2.28. The highest BCUT2D eigenvalue weighted by Gasteiger charge is 2.18. The smallest absolute Gasteiger partial charge is 0.238 e. The molecule has 1 aromatic carbocycles. The molecule has 0 saturated carbocycles. The molecule has 0 spiro atoms. The van der Waals surface area contributed by atoms with Crippen LogP contribution >= 0.6 is 0 Å². The molecule has 3 nitrogen and oxygen atoms in total. The average Bonchev–Trinajstić information content (AvgIpc) is 2.25. The van der Waals surface area contributed by atoms with Crippen LogP contribution in [0.25, 0.3) is 0 Å². The van der Waals surface area contributed by atoms with Crippen LogP contribution in [-0.2, 0) is 10.2 Å². The van der Waals surface area contributed by atoms with Crippen LogP contribution in [0.15, 0.2) is 24.3 Å². The van der Waals surface area contributed by atoms with Crippen LogP contribution in [0, 0.1) is 0 Å². The van der Waals surface area contributed by atoms with E-state index < -0.39 is 0 Å². The third-order valence-corrected chi connectivity index (χ3v) is 2.54. The van der Waals surface area contributed by atoms with Gasteiger partial charge in [0.15, 0.2) is 0 Å². The Labute approximate surface area is 104 Å². The van der Waals surface area contributed by atoms with Crippen molar-refractivity contribution in [3.63, 3.8) is 0 Å². The summed E-state index contributed by atoms with van der Waals surface area (Å²) in [6, 6.07) is 7.95. The summed E-state index contributed by atoms with van der Waals surface area (Å²) in [5.74, 6) is 0.00329.